The predicted molar refractivity (Wildman–Crippen MR) is 72.4 cm³/mol. The lowest BCUT2D eigenvalue weighted by atomic mass is 10.1. The maximum atomic E-state index is 11.9. The molecule has 0 saturated carbocycles. The molecule has 0 amide bonds. The number of hydrogen-bond acceptors (Lipinski definition) is 3. The highest BCUT2D eigenvalue weighted by Crippen LogP contribution is 2.34. The molecule has 0 bridgehead atoms. The van der Waals surface area contributed by atoms with Crippen molar-refractivity contribution >= 4 is 31.3 Å². The third kappa shape index (κ3) is 2.61. The van der Waals surface area contributed by atoms with E-state index in [0.717, 1.165) is 15.6 Å². The van der Waals surface area contributed by atoms with Crippen molar-refractivity contribution in [2.24, 2.45) is 0 Å². The Labute approximate surface area is 110 Å². The molecule has 1 aromatic rings. The van der Waals surface area contributed by atoms with Crippen LogP contribution in [-0.2, 0) is 9.84 Å². The number of fused-ring (bicyclic) bond motifs is 1. The van der Waals surface area contributed by atoms with Gasteiger partial charge in [0.05, 0.1) is 4.90 Å². The number of hydrogen-bond donors (Lipinski definition) is 1. The van der Waals surface area contributed by atoms with Gasteiger partial charge in [0.25, 0.3) is 0 Å². The molecule has 0 spiro atoms. The van der Waals surface area contributed by atoms with Crippen LogP contribution < -0.4 is 5.32 Å². The van der Waals surface area contributed by atoms with E-state index in [4.69, 9.17) is 0 Å². The quantitative estimate of drug-likeness (QED) is 0.932. The van der Waals surface area contributed by atoms with Gasteiger partial charge in [-0.3, -0.25) is 0 Å². The molecule has 0 unspecified atom stereocenters. The summed E-state index contributed by atoms with van der Waals surface area (Å²) >= 11 is 3.37. The summed E-state index contributed by atoms with van der Waals surface area (Å²) in [7, 11) is -3.24. The van der Waals surface area contributed by atoms with Gasteiger partial charge in [-0.15, -0.1) is 0 Å². The summed E-state index contributed by atoms with van der Waals surface area (Å²) in [6.07, 6.45) is 0. The fraction of sp³-hybridized carbons (Fsp3) is 0.333. The van der Waals surface area contributed by atoms with Gasteiger partial charge in [0, 0.05) is 22.5 Å². The van der Waals surface area contributed by atoms with E-state index in [2.05, 4.69) is 21.2 Å². The molecular weight excluding hydrogens is 302 g/mol. The zero-order valence-corrected chi connectivity index (χ0v) is 12.1. The summed E-state index contributed by atoms with van der Waals surface area (Å²) in [5.74, 6) is 0. The highest BCUT2D eigenvalue weighted by Gasteiger charge is 2.26. The second kappa shape index (κ2) is 4.55. The van der Waals surface area contributed by atoms with Crippen LogP contribution in [0.2, 0.25) is 0 Å². The largest absolute Gasteiger partial charge is 0.310 e. The Hall–Kier alpha value is -0.650. The van der Waals surface area contributed by atoms with Crippen LogP contribution in [0.3, 0.4) is 0 Å². The Morgan fingerprint density at radius 1 is 1.35 bits per heavy atom. The molecule has 1 aliphatic rings. The molecular formula is C12H14BrNO2S. The first-order valence-corrected chi connectivity index (χ1v) is 7.73. The average Bonchev–Trinajstić information content (AvgIpc) is 2.47. The van der Waals surface area contributed by atoms with Gasteiger partial charge in [0.1, 0.15) is 0 Å². The lowest BCUT2D eigenvalue weighted by molar-refractivity contribution is 0.605. The molecule has 3 nitrogen and oxygen atoms in total. The summed E-state index contributed by atoms with van der Waals surface area (Å²) < 4.78 is 24.7. The van der Waals surface area contributed by atoms with Gasteiger partial charge in [0.2, 0.25) is 9.84 Å². The maximum absolute atomic E-state index is 11.9. The van der Waals surface area contributed by atoms with Crippen LogP contribution >= 0.6 is 15.9 Å². The molecule has 17 heavy (non-hydrogen) atoms. The molecule has 2 rings (SSSR count). The Morgan fingerprint density at radius 2 is 2.06 bits per heavy atom. The van der Waals surface area contributed by atoms with Crippen LogP contribution in [0.5, 0.6) is 0 Å². The van der Waals surface area contributed by atoms with Crippen molar-refractivity contribution in [3.8, 4) is 0 Å². The summed E-state index contributed by atoms with van der Waals surface area (Å²) in [5, 5.41) is 4.60. The minimum Gasteiger partial charge on any atom is -0.310 e. The van der Waals surface area contributed by atoms with E-state index in [1.165, 1.54) is 5.41 Å². The first-order chi connectivity index (χ1) is 7.90. The van der Waals surface area contributed by atoms with Crippen molar-refractivity contribution in [2.45, 2.75) is 24.8 Å². The minimum atomic E-state index is -3.24. The average molecular weight is 316 g/mol. The topological polar surface area (TPSA) is 46.2 Å². The molecule has 0 aliphatic carbocycles. The number of nitrogens with one attached hydrogen (secondary N) is 1. The third-order valence-electron chi connectivity index (χ3n) is 2.59. The smallest absolute Gasteiger partial charge is 0.200 e. The van der Waals surface area contributed by atoms with Gasteiger partial charge in [-0.1, -0.05) is 29.8 Å². The molecule has 1 heterocycles. The molecule has 5 heteroatoms. The molecule has 0 radical (unpaired) electrons. The van der Waals surface area contributed by atoms with Crippen LogP contribution in [0.25, 0.3) is 5.57 Å². The van der Waals surface area contributed by atoms with Crippen LogP contribution in [0, 0.1) is 0 Å². The van der Waals surface area contributed by atoms with E-state index < -0.39 is 9.84 Å². The van der Waals surface area contributed by atoms with Crippen molar-refractivity contribution in [1.82, 2.24) is 5.32 Å². The molecule has 0 aromatic heterocycles. The number of benzene rings is 1. The summed E-state index contributed by atoms with van der Waals surface area (Å²) in [4.78, 5) is 0.404. The standard InChI is InChI=1S/C12H14BrNO2S/c1-8(2)14-6-9-7-17(15,16)12-4-3-10(13)5-11(9)12/h3-5,7-8,14H,6H2,1-2H3. The number of rotatable bonds is 3. The predicted octanol–water partition coefficient (Wildman–Crippen LogP) is 2.58. The Kier molecular flexibility index (Phi) is 3.43. The van der Waals surface area contributed by atoms with E-state index >= 15 is 0 Å². The van der Waals surface area contributed by atoms with Crippen molar-refractivity contribution in [2.75, 3.05) is 6.54 Å². The van der Waals surface area contributed by atoms with Crippen molar-refractivity contribution in [1.29, 1.82) is 0 Å². The number of halogens is 1. The molecule has 0 fully saturated rings. The van der Waals surface area contributed by atoms with Gasteiger partial charge in [-0.2, -0.15) is 0 Å². The molecule has 0 saturated heterocycles. The van der Waals surface area contributed by atoms with E-state index in [1.54, 1.807) is 12.1 Å². The lowest BCUT2D eigenvalue weighted by Crippen LogP contribution is -2.24. The fourth-order valence-electron chi connectivity index (χ4n) is 1.77. The van der Waals surface area contributed by atoms with Crippen LogP contribution in [0.15, 0.2) is 33.0 Å². The summed E-state index contributed by atoms with van der Waals surface area (Å²) in [6.45, 7) is 4.64. The van der Waals surface area contributed by atoms with Crippen LogP contribution in [0.4, 0.5) is 0 Å². The Bertz CT molecular complexity index is 576. The highest BCUT2D eigenvalue weighted by atomic mass is 79.9. The van der Waals surface area contributed by atoms with Crippen molar-refractivity contribution in [3.05, 3.63) is 33.6 Å². The van der Waals surface area contributed by atoms with Gasteiger partial charge in [0.15, 0.2) is 0 Å². The molecule has 1 aliphatic heterocycles. The zero-order valence-electron chi connectivity index (χ0n) is 9.70. The second-order valence-electron chi connectivity index (χ2n) is 4.36. The molecule has 1 N–H and O–H groups in total. The normalized spacial score (nSPS) is 17.1. The highest BCUT2D eigenvalue weighted by molar-refractivity contribution is 9.10. The summed E-state index contributed by atoms with van der Waals surface area (Å²) in [5.41, 5.74) is 1.63. The van der Waals surface area contributed by atoms with Gasteiger partial charge >= 0.3 is 0 Å². The Morgan fingerprint density at radius 3 is 2.71 bits per heavy atom. The molecule has 92 valence electrons. The van der Waals surface area contributed by atoms with Gasteiger partial charge in [-0.25, -0.2) is 8.42 Å². The minimum absolute atomic E-state index is 0.329. The lowest BCUT2D eigenvalue weighted by Gasteiger charge is -2.09. The number of sulfone groups is 1. The van der Waals surface area contributed by atoms with E-state index in [9.17, 15) is 8.42 Å². The van der Waals surface area contributed by atoms with E-state index in [-0.39, 0.29) is 0 Å². The summed E-state index contributed by atoms with van der Waals surface area (Å²) in [6, 6.07) is 5.58. The van der Waals surface area contributed by atoms with Crippen LogP contribution in [0.1, 0.15) is 19.4 Å². The fourth-order valence-corrected chi connectivity index (χ4v) is 3.59. The molecule has 0 atom stereocenters. The van der Waals surface area contributed by atoms with Crippen molar-refractivity contribution in [3.63, 3.8) is 0 Å². The van der Waals surface area contributed by atoms with E-state index in [1.807, 2.05) is 19.9 Å². The SMILES string of the molecule is CC(C)NCC1=CS(=O)(=O)c2ccc(Br)cc21. The maximum Gasteiger partial charge on any atom is 0.200 e. The van der Waals surface area contributed by atoms with E-state index in [0.29, 0.717) is 17.5 Å². The van der Waals surface area contributed by atoms with Gasteiger partial charge in [-0.05, 0) is 29.3 Å². The van der Waals surface area contributed by atoms with Gasteiger partial charge < -0.3 is 5.32 Å². The first-order valence-electron chi connectivity index (χ1n) is 5.39. The first kappa shape index (κ1) is 12.8. The Balaban J connectivity index is 2.41. The monoisotopic (exact) mass is 315 g/mol. The second-order valence-corrected chi connectivity index (χ2v) is 7.05. The molecule has 1 aromatic carbocycles. The third-order valence-corrected chi connectivity index (χ3v) is 4.65. The van der Waals surface area contributed by atoms with Crippen LogP contribution in [-0.4, -0.2) is 21.0 Å². The van der Waals surface area contributed by atoms with Crippen molar-refractivity contribution < 1.29 is 8.42 Å². The zero-order chi connectivity index (χ0) is 12.6.